The molecular formula is C18H15BrN4O5. The standard InChI is InChI=1S/C18H15BrN4O5/c19-13-3-1-11(2-4-13)17(25)20-21-18(26)12-9-16(24)22(10-12)14-5-7-15(8-6-14)23(27)28/h1-8,12H,9-10H2,(H,20,25)(H,21,26)/t12-/m1/s1. The number of hydrogen-bond donors (Lipinski definition) is 2. The van der Waals surface area contributed by atoms with Crippen LogP contribution in [0.15, 0.2) is 53.0 Å². The summed E-state index contributed by atoms with van der Waals surface area (Å²) < 4.78 is 0.823. The lowest BCUT2D eigenvalue weighted by atomic mass is 10.1. The van der Waals surface area contributed by atoms with Gasteiger partial charge >= 0.3 is 0 Å². The van der Waals surface area contributed by atoms with Gasteiger partial charge in [-0.15, -0.1) is 0 Å². The number of nitrogens with zero attached hydrogens (tertiary/aromatic N) is 2. The highest BCUT2D eigenvalue weighted by Crippen LogP contribution is 2.26. The first-order chi connectivity index (χ1) is 13.3. The quantitative estimate of drug-likeness (QED) is 0.550. The number of benzene rings is 2. The van der Waals surface area contributed by atoms with E-state index in [0.29, 0.717) is 11.3 Å². The van der Waals surface area contributed by atoms with Crippen LogP contribution in [0.1, 0.15) is 16.8 Å². The summed E-state index contributed by atoms with van der Waals surface area (Å²) in [5, 5.41) is 10.7. The fourth-order valence-electron chi connectivity index (χ4n) is 2.78. The Kier molecular flexibility index (Phi) is 5.69. The van der Waals surface area contributed by atoms with Gasteiger partial charge in [-0.3, -0.25) is 35.3 Å². The van der Waals surface area contributed by atoms with Gasteiger partial charge in [-0.05, 0) is 36.4 Å². The van der Waals surface area contributed by atoms with Crippen molar-refractivity contribution in [3.05, 3.63) is 68.7 Å². The molecule has 0 aromatic heterocycles. The van der Waals surface area contributed by atoms with Crippen LogP contribution in [0, 0.1) is 16.0 Å². The van der Waals surface area contributed by atoms with Gasteiger partial charge < -0.3 is 4.90 Å². The molecule has 1 saturated heterocycles. The van der Waals surface area contributed by atoms with Gasteiger partial charge in [0.2, 0.25) is 11.8 Å². The number of hydrazine groups is 1. The van der Waals surface area contributed by atoms with E-state index < -0.39 is 22.7 Å². The van der Waals surface area contributed by atoms with Gasteiger partial charge in [0.1, 0.15) is 0 Å². The van der Waals surface area contributed by atoms with Crippen LogP contribution in [-0.2, 0) is 9.59 Å². The second-order valence-electron chi connectivity index (χ2n) is 6.13. The molecular weight excluding hydrogens is 432 g/mol. The highest BCUT2D eigenvalue weighted by atomic mass is 79.9. The van der Waals surface area contributed by atoms with E-state index in [0.717, 1.165) is 4.47 Å². The van der Waals surface area contributed by atoms with Gasteiger partial charge in [-0.1, -0.05) is 15.9 Å². The first kappa shape index (κ1) is 19.5. The van der Waals surface area contributed by atoms with Gasteiger partial charge in [-0.25, -0.2) is 0 Å². The maximum absolute atomic E-state index is 12.3. The first-order valence-corrected chi connectivity index (χ1v) is 9.05. The summed E-state index contributed by atoms with van der Waals surface area (Å²) in [6.45, 7) is 0.122. The number of nitro groups is 1. The van der Waals surface area contributed by atoms with Crippen molar-refractivity contribution in [1.82, 2.24) is 10.9 Å². The normalized spacial score (nSPS) is 16.0. The molecule has 28 heavy (non-hydrogen) atoms. The van der Waals surface area contributed by atoms with E-state index in [1.165, 1.54) is 29.2 Å². The van der Waals surface area contributed by atoms with Crippen molar-refractivity contribution in [1.29, 1.82) is 0 Å². The summed E-state index contributed by atoms with van der Waals surface area (Å²) in [4.78, 5) is 48.1. The molecule has 2 N–H and O–H groups in total. The molecule has 1 heterocycles. The second-order valence-corrected chi connectivity index (χ2v) is 7.04. The Hall–Kier alpha value is -3.27. The minimum Gasteiger partial charge on any atom is -0.312 e. The number of hydrogen-bond acceptors (Lipinski definition) is 5. The molecule has 9 nitrogen and oxygen atoms in total. The molecule has 0 unspecified atom stereocenters. The Labute approximate surface area is 168 Å². The van der Waals surface area contributed by atoms with Crippen LogP contribution in [0.25, 0.3) is 0 Å². The molecule has 3 rings (SSSR count). The Morgan fingerprint density at radius 2 is 1.71 bits per heavy atom. The molecule has 0 radical (unpaired) electrons. The predicted octanol–water partition coefficient (Wildman–Crippen LogP) is 2.17. The first-order valence-electron chi connectivity index (χ1n) is 8.26. The second kappa shape index (κ2) is 8.17. The maximum Gasteiger partial charge on any atom is 0.269 e. The third kappa shape index (κ3) is 4.34. The molecule has 0 spiro atoms. The van der Waals surface area contributed by atoms with Crippen LogP contribution >= 0.6 is 15.9 Å². The number of carbonyl (C=O) groups excluding carboxylic acids is 3. The largest absolute Gasteiger partial charge is 0.312 e. The minimum absolute atomic E-state index is 0.0169. The smallest absolute Gasteiger partial charge is 0.269 e. The molecule has 1 aliphatic heterocycles. The third-order valence-electron chi connectivity index (χ3n) is 4.27. The molecule has 10 heteroatoms. The fourth-order valence-corrected chi connectivity index (χ4v) is 3.05. The van der Waals surface area contributed by atoms with Crippen molar-refractivity contribution < 1.29 is 19.3 Å². The number of nitrogens with one attached hydrogen (secondary N) is 2. The average molecular weight is 447 g/mol. The zero-order chi connectivity index (χ0) is 20.3. The van der Waals surface area contributed by atoms with E-state index in [-0.39, 0.29) is 24.6 Å². The van der Waals surface area contributed by atoms with Crippen LogP contribution < -0.4 is 15.8 Å². The number of anilines is 1. The molecule has 0 aliphatic carbocycles. The van der Waals surface area contributed by atoms with Crippen molar-refractivity contribution >= 4 is 45.0 Å². The minimum atomic E-state index is -0.645. The Balaban J connectivity index is 1.58. The molecule has 2 aromatic rings. The van der Waals surface area contributed by atoms with Crippen LogP contribution in [0.2, 0.25) is 0 Å². The lowest BCUT2D eigenvalue weighted by Crippen LogP contribution is -2.45. The Morgan fingerprint density at radius 3 is 2.32 bits per heavy atom. The van der Waals surface area contributed by atoms with Crippen LogP contribution in [0.4, 0.5) is 11.4 Å². The molecule has 2 aromatic carbocycles. The fraction of sp³-hybridized carbons (Fsp3) is 0.167. The topological polar surface area (TPSA) is 122 Å². The molecule has 1 atom stereocenters. The van der Waals surface area contributed by atoms with E-state index in [9.17, 15) is 24.5 Å². The number of non-ortho nitro benzene ring substituents is 1. The van der Waals surface area contributed by atoms with Crippen molar-refractivity contribution in [3.63, 3.8) is 0 Å². The van der Waals surface area contributed by atoms with E-state index in [1.54, 1.807) is 24.3 Å². The van der Waals surface area contributed by atoms with E-state index in [2.05, 4.69) is 26.8 Å². The molecule has 0 bridgehead atoms. The van der Waals surface area contributed by atoms with E-state index in [4.69, 9.17) is 0 Å². The van der Waals surface area contributed by atoms with Gasteiger partial charge in [-0.2, -0.15) is 0 Å². The number of nitro benzene ring substituents is 1. The van der Waals surface area contributed by atoms with Crippen molar-refractivity contribution in [2.24, 2.45) is 5.92 Å². The van der Waals surface area contributed by atoms with E-state index in [1.807, 2.05) is 0 Å². The molecule has 1 fully saturated rings. The molecule has 144 valence electrons. The number of halogens is 1. The van der Waals surface area contributed by atoms with Gasteiger partial charge in [0, 0.05) is 40.8 Å². The predicted molar refractivity (Wildman–Crippen MR) is 103 cm³/mol. The SMILES string of the molecule is O=C(NNC(=O)[C@@H]1CC(=O)N(c2ccc([N+](=O)[O-])cc2)C1)c1ccc(Br)cc1. The van der Waals surface area contributed by atoms with Crippen LogP contribution in [-0.4, -0.2) is 29.2 Å². The molecule has 0 saturated carbocycles. The number of carbonyl (C=O) groups is 3. The number of amides is 3. The average Bonchev–Trinajstić information content (AvgIpc) is 3.08. The lowest BCUT2D eigenvalue weighted by molar-refractivity contribution is -0.384. The summed E-state index contributed by atoms with van der Waals surface area (Å²) in [7, 11) is 0. The number of rotatable bonds is 4. The summed E-state index contributed by atoms with van der Waals surface area (Å²) in [6, 6.07) is 12.1. The van der Waals surface area contributed by atoms with E-state index >= 15 is 0 Å². The monoisotopic (exact) mass is 446 g/mol. The zero-order valence-electron chi connectivity index (χ0n) is 14.4. The van der Waals surface area contributed by atoms with Crippen molar-refractivity contribution in [2.75, 3.05) is 11.4 Å². The van der Waals surface area contributed by atoms with Gasteiger partial charge in [0.15, 0.2) is 0 Å². The Morgan fingerprint density at radius 1 is 1.07 bits per heavy atom. The van der Waals surface area contributed by atoms with Crippen LogP contribution in [0.3, 0.4) is 0 Å². The third-order valence-corrected chi connectivity index (χ3v) is 4.80. The van der Waals surface area contributed by atoms with Crippen LogP contribution in [0.5, 0.6) is 0 Å². The Bertz CT molecular complexity index is 930. The zero-order valence-corrected chi connectivity index (χ0v) is 16.0. The summed E-state index contributed by atoms with van der Waals surface area (Å²) >= 11 is 3.27. The van der Waals surface area contributed by atoms with Crippen molar-refractivity contribution in [3.8, 4) is 0 Å². The van der Waals surface area contributed by atoms with Gasteiger partial charge in [0.05, 0.1) is 10.8 Å². The highest BCUT2D eigenvalue weighted by molar-refractivity contribution is 9.10. The summed E-state index contributed by atoms with van der Waals surface area (Å²) in [5.41, 5.74) is 5.43. The van der Waals surface area contributed by atoms with Gasteiger partial charge in [0.25, 0.3) is 11.6 Å². The lowest BCUT2D eigenvalue weighted by Gasteiger charge is -2.16. The highest BCUT2D eigenvalue weighted by Gasteiger charge is 2.35. The summed E-state index contributed by atoms with van der Waals surface area (Å²) in [5.74, 6) is -1.87. The van der Waals surface area contributed by atoms with Crippen molar-refractivity contribution in [2.45, 2.75) is 6.42 Å². The molecule has 1 aliphatic rings. The maximum atomic E-state index is 12.3. The molecule has 3 amide bonds. The summed E-state index contributed by atoms with van der Waals surface area (Å²) in [6.07, 6.45) is -0.0169.